The van der Waals surface area contributed by atoms with Crippen LogP contribution in [0.2, 0.25) is 0 Å². The summed E-state index contributed by atoms with van der Waals surface area (Å²) in [5.41, 5.74) is 12.3. The molecule has 4 aromatic rings. The minimum Gasteiger partial charge on any atom is -0.491 e. The number of hydrogen-bond donors (Lipinski definition) is 2. The van der Waals surface area contributed by atoms with Crippen LogP contribution in [0.5, 0.6) is 5.75 Å². The predicted molar refractivity (Wildman–Crippen MR) is 144 cm³/mol. The smallest absolute Gasteiger partial charge is 0.251 e. The van der Waals surface area contributed by atoms with Gasteiger partial charge in [0.2, 0.25) is 0 Å². The van der Waals surface area contributed by atoms with E-state index in [1.807, 2.05) is 73.7 Å². The molecule has 0 saturated heterocycles. The highest BCUT2D eigenvalue weighted by molar-refractivity contribution is 6.02. The lowest BCUT2D eigenvalue weighted by Crippen LogP contribution is -2.26. The maximum Gasteiger partial charge on any atom is 0.251 e. The number of methoxy groups -OCH3 is 1. The molecule has 3 N–H and O–H groups in total. The van der Waals surface area contributed by atoms with E-state index in [0.717, 1.165) is 52.0 Å². The first-order valence-electron chi connectivity index (χ1n) is 12.6. The second kappa shape index (κ2) is 10.5. The Kier molecular flexibility index (Phi) is 6.96. The van der Waals surface area contributed by atoms with Crippen LogP contribution in [0.25, 0.3) is 22.2 Å². The third-order valence-corrected chi connectivity index (χ3v) is 7.08. The van der Waals surface area contributed by atoms with Gasteiger partial charge in [0, 0.05) is 35.7 Å². The Labute approximate surface area is 212 Å². The number of nitrogens with two attached hydrogens (primary N) is 1. The molecule has 1 aliphatic rings. The number of carbonyl (C=O) groups excluding carboxylic acids is 1. The van der Waals surface area contributed by atoms with Crippen LogP contribution >= 0.6 is 0 Å². The molecule has 0 spiro atoms. The van der Waals surface area contributed by atoms with Gasteiger partial charge in [0.1, 0.15) is 12.4 Å². The van der Waals surface area contributed by atoms with Gasteiger partial charge in [0.25, 0.3) is 5.91 Å². The molecule has 1 atom stereocenters. The lowest BCUT2D eigenvalue weighted by atomic mass is 9.92. The van der Waals surface area contributed by atoms with Crippen LogP contribution in [0.15, 0.2) is 72.8 Å². The molecule has 5 rings (SSSR count). The number of rotatable bonds is 9. The molecule has 186 valence electrons. The molecule has 1 aliphatic carbocycles. The number of nitrogen functional groups attached to an aromatic ring is 1. The van der Waals surface area contributed by atoms with E-state index in [1.54, 1.807) is 7.11 Å². The fourth-order valence-electron chi connectivity index (χ4n) is 4.85. The molecule has 6 heteroatoms. The summed E-state index contributed by atoms with van der Waals surface area (Å²) >= 11 is 0. The lowest BCUT2D eigenvalue weighted by molar-refractivity contribution is 0.0940. The second-order valence-corrected chi connectivity index (χ2v) is 9.42. The summed E-state index contributed by atoms with van der Waals surface area (Å²) in [4.78, 5) is 12.9. The quantitative estimate of drug-likeness (QED) is 0.281. The molecule has 36 heavy (non-hydrogen) atoms. The third-order valence-electron chi connectivity index (χ3n) is 7.08. The number of nitrogens with zero attached hydrogens (tertiary/aromatic N) is 1. The second-order valence-electron chi connectivity index (χ2n) is 9.42. The van der Waals surface area contributed by atoms with Crippen molar-refractivity contribution in [3.05, 3.63) is 83.9 Å². The molecule has 1 heterocycles. The van der Waals surface area contributed by atoms with Crippen molar-refractivity contribution in [2.24, 2.45) is 0 Å². The van der Waals surface area contributed by atoms with E-state index in [9.17, 15) is 4.79 Å². The summed E-state index contributed by atoms with van der Waals surface area (Å²) < 4.78 is 13.4. The lowest BCUT2D eigenvalue weighted by Gasteiger charge is -2.30. The van der Waals surface area contributed by atoms with Crippen molar-refractivity contribution in [3.63, 3.8) is 0 Å². The van der Waals surface area contributed by atoms with Crippen molar-refractivity contribution in [3.8, 4) is 17.0 Å². The number of fused-ring (bicyclic) bond motifs is 1. The summed E-state index contributed by atoms with van der Waals surface area (Å²) in [6.45, 7) is 3.03. The zero-order valence-corrected chi connectivity index (χ0v) is 20.9. The molecule has 6 nitrogen and oxygen atoms in total. The van der Waals surface area contributed by atoms with Crippen LogP contribution in [-0.2, 0) is 4.74 Å². The van der Waals surface area contributed by atoms with E-state index >= 15 is 0 Å². The number of benzene rings is 3. The molecule has 1 amide bonds. The summed E-state index contributed by atoms with van der Waals surface area (Å²) in [5.74, 6) is 0.715. The molecule has 0 bridgehead atoms. The molecular weight excluding hydrogens is 450 g/mol. The first-order valence-corrected chi connectivity index (χ1v) is 12.6. The van der Waals surface area contributed by atoms with Crippen molar-refractivity contribution in [2.75, 3.05) is 26.1 Å². The Bertz CT molecular complexity index is 1340. The van der Waals surface area contributed by atoms with E-state index < -0.39 is 0 Å². The maximum absolute atomic E-state index is 12.9. The number of anilines is 1. The van der Waals surface area contributed by atoms with Crippen molar-refractivity contribution >= 4 is 22.5 Å². The average Bonchev–Trinajstić information content (AvgIpc) is 3.15. The van der Waals surface area contributed by atoms with Crippen molar-refractivity contribution < 1.29 is 14.3 Å². The van der Waals surface area contributed by atoms with Gasteiger partial charge in [-0.1, -0.05) is 42.5 Å². The van der Waals surface area contributed by atoms with Gasteiger partial charge in [0.05, 0.1) is 29.5 Å². The first kappa shape index (κ1) is 23.9. The van der Waals surface area contributed by atoms with Crippen LogP contribution in [-0.4, -0.2) is 30.8 Å². The normalized spacial score (nSPS) is 14.4. The van der Waals surface area contributed by atoms with Gasteiger partial charge in [0.15, 0.2) is 0 Å². The Morgan fingerprint density at radius 2 is 1.81 bits per heavy atom. The Balaban J connectivity index is 1.44. The fraction of sp³-hybridized carbons (Fsp3) is 0.300. The van der Waals surface area contributed by atoms with Gasteiger partial charge in [-0.15, -0.1) is 0 Å². The number of aromatic nitrogens is 1. The largest absolute Gasteiger partial charge is 0.491 e. The molecular formula is C30H33N3O3. The van der Waals surface area contributed by atoms with Gasteiger partial charge in [-0.2, -0.15) is 0 Å². The van der Waals surface area contributed by atoms with E-state index in [2.05, 4.69) is 16.0 Å². The van der Waals surface area contributed by atoms with Crippen LogP contribution in [0.1, 0.15) is 54.2 Å². The monoisotopic (exact) mass is 483 g/mol. The highest BCUT2D eigenvalue weighted by Gasteiger charge is 2.27. The highest BCUT2D eigenvalue weighted by atomic mass is 16.5. The maximum atomic E-state index is 12.9. The summed E-state index contributed by atoms with van der Waals surface area (Å²) in [5, 5.41) is 4.11. The molecule has 1 aromatic heterocycles. The third kappa shape index (κ3) is 4.69. The topological polar surface area (TPSA) is 78.5 Å². The molecule has 1 fully saturated rings. The van der Waals surface area contributed by atoms with Crippen LogP contribution < -0.4 is 15.8 Å². The summed E-state index contributed by atoms with van der Waals surface area (Å²) in [6.07, 6.45) is 3.47. The summed E-state index contributed by atoms with van der Waals surface area (Å²) in [6, 6.07) is 24.1. The molecule has 3 aromatic carbocycles. The van der Waals surface area contributed by atoms with Crippen LogP contribution in [0.4, 0.5) is 5.69 Å². The zero-order chi connectivity index (χ0) is 25.1. The average molecular weight is 484 g/mol. The van der Waals surface area contributed by atoms with E-state index in [0.29, 0.717) is 24.8 Å². The Morgan fingerprint density at radius 3 is 2.47 bits per heavy atom. The molecule has 0 radical (unpaired) electrons. The van der Waals surface area contributed by atoms with Crippen LogP contribution in [0.3, 0.4) is 0 Å². The summed E-state index contributed by atoms with van der Waals surface area (Å²) in [7, 11) is 1.67. The molecule has 0 unspecified atom stereocenters. The van der Waals surface area contributed by atoms with Crippen LogP contribution in [0, 0.1) is 0 Å². The fourth-order valence-corrected chi connectivity index (χ4v) is 4.85. The minimum atomic E-state index is -0.0942. The molecule has 1 saturated carbocycles. The Hall–Kier alpha value is -3.77. The number of amides is 1. The van der Waals surface area contributed by atoms with E-state index in [4.69, 9.17) is 15.2 Å². The van der Waals surface area contributed by atoms with Gasteiger partial charge in [-0.05, 0) is 56.0 Å². The first-order chi connectivity index (χ1) is 17.6. The minimum absolute atomic E-state index is 0.0736. The van der Waals surface area contributed by atoms with E-state index in [-0.39, 0.29) is 11.9 Å². The van der Waals surface area contributed by atoms with Gasteiger partial charge in [-0.25, -0.2) is 0 Å². The van der Waals surface area contributed by atoms with Gasteiger partial charge < -0.3 is 25.1 Å². The Morgan fingerprint density at radius 1 is 1.06 bits per heavy atom. The van der Waals surface area contributed by atoms with E-state index in [1.165, 1.54) is 6.42 Å². The number of nitrogens with one attached hydrogen (secondary N) is 1. The number of ether oxygens (including phenoxy) is 2. The van der Waals surface area contributed by atoms with Crippen molar-refractivity contribution in [2.45, 2.75) is 38.3 Å². The van der Waals surface area contributed by atoms with Gasteiger partial charge >= 0.3 is 0 Å². The standard InChI is InChI=1S/C30H33N3O3/c1-20(21-7-4-3-5-8-21)32-30(34)23-13-11-22(12-14-23)29-28(31)26-16-15-25(36-18-17-35-2)19-27(26)33(29)24-9-6-10-24/h3-5,7-8,11-16,19-20,24H,6,9-10,17-18,31H2,1-2H3,(H,32,34)/t20-/m0/s1. The van der Waals surface area contributed by atoms with Crippen molar-refractivity contribution in [1.29, 1.82) is 0 Å². The van der Waals surface area contributed by atoms with Crippen molar-refractivity contribution in [1.82, 2.24) is 9.88 Å². The highest BCUT2D eigenvalue weighted by Crippen LogP contribution is 2.44. The predicted octanol–water partition coefficient (Wildman–Crippen LogP) is 6.13. The number of carbonyl (C=O) groups is 1. The molecule has 0 aliphatic heterocycles. The number of hydrogen-bond acceptors (Lipinski definition) is 4. The van der Waals surface area contributed by atoms with Gasteiger partial charge in [-0.3, -0.25) is 4.79 Å². The SMILES string of the molecule is COCCOc1ccc2c(N)c(-c3ccc(C(=O)N[C@@H](C)c4ccccc4)cc3)n(C3CCC3)c2c1. The zero-order valence-electron chi connectivity index (χ0n) is 20.9.